The van der Waals surface area contributed by atoms with E-state index in [1.54, 1.807) is 18.4 Å². The molecule has 0 saturated carbocycles. The lowest BCUT2D eigenvalue weighted by atomic mass is 10.3. The number of nitrogen functional groups attached to an aromatic ring is 1. The fourth-order valence-electron chi connectivity index (χ4n) is 1.46. The van der Waals surface area contributed by atoms with E-state index in [2.05, 4.69) is 10.4 Å². The fraction of sp³-hybridized carbons (Fsp3) is 0.273. The van der Waals surface area contributed by atoms with E-state index in [9.17, 15) is 4.79 Å². The number of thiophene rings is 1. The monoisotopic (exact) mass is 250 g/mol. The van der Waals surface area contributed by atoms with Crippen molar-refractivity contribution in [3.05, 3.63) is 33.6 Å². The van der Waals surface area contributed by atoms with Gasteiger partial charge in [0, 0.05) is 16.8 Å². The first-order chi connectivity index (χ1) is 8.08. The Bertz CT molecular complexity index is 543. The highest BCUT2D eigenvalue weighted by atomic mass is 32.1. The van der Waals surface area contributed by atoms with E-state index in [0.29, 0.717) is 17.9 Å². The van der Waals surface area contributed by atoms with Crippen LogP contribution in [0.1, 0.15) is 20.1 Å². The molecule has 1 amide bonds. The molecule has 0 atom stereocenters. The summed E-state index contributed by atoms with van der Waals surface area (Å²) in [6.45, 7) is 2.56. The maximum Gasteiger partial charge on any atom is 0.256 e. The quantitative estimate of drug-likeness (QED) is 0.862. The highest BCUT2D eigenvalue weighted by Gasteiger charge is 2.13. The normalized spacial score (nSPS) is 10.5. The molecule has 0 unspecified atom stereocenters. The SMILES string of the molecule is Cc1ccc(CNC(=O)c2cnn(C)c2N)s1. The zero-order valence-corrected chi connectivity index (χ0v) is 10.5. The number of amides is 1. The first kappa shape index (κ1) is 11.7. The zero-order chi connectivity index (χ0) is 12.4. The number of rotatable bonds is 3. The molecule has 2 heterocycles. The van der Waals surface area contributed by atoms with Gasteiger partial charge in [0.05, 0.1) is 12.7 Å². The van der Waals surface area contributed by atoms with Crippen LogP contribution < -0.4 is 11.1 Å². The van der Waals surface area contributed by atoms with E-state index in [0.717, 1.165) is 4.88 Å². The van der Waals surface area contributed by atoms with E-state index >= 15 is 0 Å². The Balaban J connectivity index is 2.00. The second-order valence-electron chi connectivity index (χ2n) is 3.76. The van der Waals surface area contributed by atoms with Crippen molar-refractivity contribution in [3.63, 3.8) is 0 Å². The molecule has 6 heteroatoms. The number of nitrogens with two attached hydrogens (primary N) is 1. The first-order valence-electron chi connectivity index (χ1n) is 5.19. The van der Waals surface area contributed by atoms with Gasteiger partial charge < -0.3 is 11.1 Å². The summed E-state index contributed by atoms with van der Waals surface area (Å²) >= 11 is 1.67. The van der Waals surface area contributed by atoms with Crippen molar-refractivity contribution < 1.29 is 4.79 Å². The predicted octanol–water partition coefficient (Wildman–Crippen LogP) is 1.30. The van der Waals surface area contributed by atoms with Crippen LogP contribution in [0.4, 0.5) is 5.82 Å². The Morgan fingerprint density at radius 1 is 1.59 bits per heavy atom. The molecule has 0 radical (unpaired) electrons. The van der Waals surface area contributed by atoms with Gasteiger partial charge in [-0.05, 0) is 19.1 Å². The maximum atomic E-state index is 11.8. The summed E-state index contributed by atoms with van der Waals surface area (Å²) in [6.07, 6.45) is 1.48. The molecule has 5 nitrogen and oxygen atoms in total. The number of hydrogen-bond acceptors (Lipinski definition) is 4. The molecule has 17 heavy (non-hydrogen) atoms. The van der Waals surface area contributed by atoms with Gasteiger partial charge in [0.2, 0.25) is 0 Å². The second-order valence-corrected chi connectivity index (χ2v) is 5.13. The average molecular weight is 250 g/mol. The Morgan fingerprint density at radius 3 is 2.88 bits per heavy atom. The lowest BCUT2D eigenvalue weighted by Crippen LogP contribution is -2.23. The molecule has 0 spiro atoms. The van der Waals surface area contributed by atoms with Crippen LogP contribution in [0.2, 0.25) is 0 Å². The molecular weight excluding hydrogens is 236 g/mol. The molecule has 0 fully saturated rings. The van der Waals surface area contributed by atoms with Crippen molar-refractivity contribution in [2.45, 2.75) is 13.5 Å². The molecule has 0 aliphatic heterocycles. The van der Waals surface area contributed by atoms with Crippen molar-refractivity contribution in [2.75, 3.05) is 5.73 Å². The maximum absolute atomic E-state index is 11.8. The van der Waals surface area contributed by atoms with Crippen LogP contribution in [-0.2, 0) is 13.6 Å². The zero-order valence-electron chi connectivity index (χ0n) is 9.73. The summed E-state index contributed by atoms with van der Waals surface area (Å²) in [4.78, 5) is 14.2. The fourth-order valence-corrected chi connectivity index (χ4v) is 2.29. The van der Waals surface area contributed by atoms with Gasteiger partial charge in [0.1, 0.15) is 11.4 Å². The second kappa shape index (κ2) is 4.58. The minimum atomic E-state index is -0.193. The minimum absolute atomic E-state index is 0.193. The van der Waals surface area contributed by atoms with Crippen LogP contribution in [0.15, 0.2) is 18.3 Å². The number of nitrogens with one attached hydrogen (secondary N) is 1. The third-order valence-corrected chi connectivity index (χ3v) is 3.45. The molecule has 0 aromatic carbocycles. The molecule has 3 N–H and O–H groups in total. The number of aryl methyl sites for hydroxylation is 2. The third kappa shape index (κ3) is 2.47. The van der Waals surface area contributed by atoms with Crippen molar-refractivity contribution in [2.24, 2.45) is 7.05 Å². The third-order valence-electron chi connectivity index (χ3n) is 2.45. The lowest BCUT2D eigenvalue weighted by Gasteiger charge is -2.02. The standard InChI is InChI=1S/C11H14N4OS/c1-7-3-4-8(17-7)5-13-11(16)9-6-14-15(2)10(9)12/h3-4,6H,5,12H2,1-2H3,(H,13,16). The van der Waals surface area contributed by atoms with E-state index in [-0.39, 0.29) is 5.91 Å². The number of aromatic nitrogens is 2. The molecular formula is C11H14N4OS. The van der Waals surface area contributed by atoms with Gasteiger partial charge in [-0.2, -0.15) is 5.10 Å². The molecule has 2 aromatic rings. The summed E-state index contributed by atoms with van der Waals surface area (Å²) in [5.74, 6) is 0.187. The summed E-state index contributed by atoms with van der Waals surface area (Å²) in [7, 11) is 1.70. The van der Waals surface area contributed by atoms with Crippen LogP contribution in [0, 0.1) is 6.92 Å². The van der Waals surface area contributed by atoms with E-state index in [1.807, 2.05) is 19.1 Å². The van der Waals surface area contributed by atoms with Crippen LogP contribution in [0.3, 0.4) is 0 Å². The van der Waals surface area contributed by atoms with Crippen molar-refractivity contribution in [1.82, 2.24) is 15.1 Å². The van der Waals surface area contributed by atoms with E-state index < -0.39 is 0 Å². The van der Waals surface area contributed by atoms with Crippen molar-refractivity contribution >= 4 is 23.1 Å². The highest BCUT2D eigenvalue weighted by Crippen LogP contribution is 2.15. The van der Waals surface area contributed by atoms with Crippen LogP contribution >= 0.6 is 11.3 Å². The minimum Gasteiger partial charge on any atom is -0.383 e. The summed E-state index contributed by atoms with van der Waals surface area (Å²) in [6, 6.07) is 4.04. The smallest absolute Gasteiger partial charge is 0.256 e. The average Bonchev–Trinajstić information content (AvgIpc) is 2.84. The van der Waals surface area contributed by atoms with Gasteiger partial charge in [-0.15, -0.1) is 11.3 Å². The molecule has 2 aromatic heterocycles. The van der Waals surface area contributed by atoms with E-state index in [1.165, 1.54) is 15.8 Å². The van der Waals surface area contributed by atoms with Gasteiger partial charge in [0.15, 0.2) is 0 Å². The Hall–Kier alpha value is -1.82. The van der Waals surface area contributed by atoms with Gasteiger partial charge in [-0.1, -0.05) is 0 Å². The predicted molar refractivity (Wildman–Crippen MR) is 67.8 cm³/mol. The van der Waals surface area contributed by atoms with Crippen molar-refractivity contribution in [3.8, 4) is 0 Å². The largest absolute Gasteiger partial charge is 0.383 e. The summed E-state index contributed by atoms with van der Waals surface area (Å²) in [5.41, 5.74) is 6.14. The van der Waals surface area contributed by atoms with Gasteiger partial charge in [0.25, 0.3) is 5.91 Å². The Morgan fingerprint density at radius 2 is 2.35 bits per heavy atom. The summed E-state index contributed by atoms with van der Waals surface area (Å²) in [5, 5.41) is 6.75. The number of hydrogen-bond donors (Lipinski definition) is 2. The van der Waals surface area contributed by atoms with E-state index in [4.69, 9.17) is 5.73 Å². The molecule has 2 rings (SSSR count). The lowest BCUT2D eigenvalue weighted by molar-refractivity contribution is 0.0952. The molecule has 0 aliphatic rings. The molecule has 90 valence electrons. The molecule has 0 saturated heterocycles. The number of carbonyl (C=O) groups is 1. The summed E-state index contributed by atoms with van der Waals surface area (Å²) < 4.78 is 1.48. The van der Waals surface area contributed by atoms with Crippen LogP contribution in [0.5, 0.6) is 0 Å². The topological polar surface area (TPSA) is 72.9 Å². The van der Waals surface area contributed by atoms with Gasteiger partial charge in [-0.3, -0.25) is 9.48 Å². The molecule has 0 aliphatic carbocycles. The number of carbonyl (C=O) groups excluding carboxylic acids is 1. The van der Waals surface area contributed by atoms with Gasteiger partial charge in [-0.25, -0.2) is 0 Å². The number of nitrogens with zero attached hydrogens (tertiary/aromatic N) is 2. The van der Waals surface area contributed by atoms with Gasteiger partial charge >= 0.3 is 0 Å². The van der Waals surface area contributed by atoms with Crippen LogP contribution in [0.25, 0.3) is 0 Å². The first-order valence-corrected chi connectivity index (χ1v) is 6.00. The van der Waals surface area contributed by atoms with Crippen LogP contribution in [-0.4, -0.2) is 15.7 Å². The van der Waals surface area contributed by atoms with Crippen molar-refractivity contribution in [1.29, 1.82) is 0 Å². The number of anilines is 1. The molecule has 0 bridgehead atoms. The Kier molecular flexibility index (Phi) is 3.14. The highest BCUT2D eigenvalue weighted by molar-refractivity contribution is 7.11. The Labute approximate surface area is 103 Å².